The van der Waals surface area contributed by atoms with Crippen LogP contribution in [0.2, 0.25) is 0 Å². The molecule has 1 aliphatic heterocycles. The van der Waals surface area contributed by atoms with Gasteiger partial charge in [0.1, 0.15) is 6.04 Å². The topological polar surface area (TPSA) is 72.6 Å². The highest BCUT2D eigenvalue weighted by atomic mass is 16.5. The van der Waals surface area contributed by atoms with Gasteiger partial charge in [-0.05, 0) is 26.7 Å². The normalized spacial score (nSPS) is 22.6. The van der Waals surface area contributed by atoms with Crippen molar-refractivity contribution in [3.63, 3.8) is 0 Å². The zero-order valence-corrected chi connectivity index (χ0v) is 9.23. The van der Waals surface area contributed by atoms with Crippen LogP contribution in [0.1, 0.15) is 26.7 Å². The molecule has 1 heterocycles. The molecule has 0 bridgehead atoms. The van der Waals surface area contributed by atoms with Crippen molar-refractivity contribution in [2.45, 2.75) is 38.8 Å². The van der Waals surface area contributed by atoms with Gasteiger partial charge in [0, 0.05) is 6.54 Å². The Labute approximate surface area is 89.6 Å². The predicted molar refractivity (Wildman–Crippen MR) is 55.0 cm³/mol. The number of hydrogen-bond donors (Lipinski definition) is 1. The van der Waals surface area contributed by atoms with E-state index >= 15 is 0 Å². The predicted octanol–water partition coefficient (Wildman–Crippen LogP) is -0.112. The molecule has 0 aromatic carbocycles. The molecule has 0 saturated carbocycles. The van der Waals surface area contributed by atoms with Crippen molar-refractivity contribution in [1.82, 2.24) is 4.90 Å². The third-order valence-electron chi connectivity index (χ3n) is 2.48. The van der Waals surface area contributed by atoms with Crippen LogP contribution in [-0.2, 0) is 14.3 Å². The standard InChI is InChI=1S/C10H18N2O3/c1-3-15-10(14)8-5-4-6-12(8)9(13)7(2)11/h7-8H,3-6,11H2,1-2H3/t7-,8-/m1/s1. The van der Waals surface area contributed by atoms with Gasteiger partial charge in [-0.15, -0.1) is 0 Å². The van der Waals surface area contributed by atoms with E-state index in [1.807, 2.05) is 0 Å². The Bertz CT molecular complexity index is 253. The molecule has 0 aliphatic carbocycles. The molecule has 5 heteroatoms. The number of hydrogen-bond acceptors (Lipinski definition) is 4. The lowest BCUT2D eigenvalue weighted by Gasteiger charge is -2.24. The summed E-state index contributed by atoms with van der Waals surface area (Å²) in [5.41, 5.74) is 5.51. The molecule has 0 aromatic heterocycles. The van der Waals surface area contributed by atoms with Crippen LogP contribution in [0, 0.1) is 0 Å². The largest absolute Gasteiger partial charge is 0.464 e. The summed E-state index contributed by atoms with van der Waals surface area (Å²) in [6.45, 7) is 4.33. The van der Waals surface area contributed by atoms with Crippen LogP contribution in [0.15, 0.2) is 0 Å². The number of amides is 1. The summed E-state index contributed by atoms with van der Waals surface area (Å²) in [5, 5.41) is 0. The molecule has 1 amide bonds. The number of nitrogens with zero attached hydrogens (tertiary/aromatic N) is 1. The molecule has 0 spiro atoms. The van der Waals surface area contributed by atoms with Crippen LogP contribution < -0.4 is 5.73 Å². The van der Waals surface area contributed by atoms with Crippen molar-refractivity contribution >= 4 is 11.9 Å². The fourth-order valence-corrected chi connectivity index (χ4v) is 1.78. The minimum absolute atomic E-state index is 0.175. The molecule has 86 valence electrons. The number of carbonyl (C=O) groups is 2. The maximum absolute atomic E-state index is 11.7. The summed E-state index contributed by atoms with van der Waals surface area (Å²) < 4.78 is 4.91. The molecule has 1 fully saturated rings. The zero-order valence-electron chi connectivity index (χ0n) is 9.23. The second kappa shape index (κ2) is 5.11. The van der Waals surface area contributed by atoms with Crippen LogP contribution in [0.4, 0.5) is 0 Å². The molecule has 1 saturated heterocycles. The summed E-state index contributed by atoms with van der Waals surface area (Å²) >= 11 is 0. The van der Waals surface area contributed by atoms with Crippen LogP contribution in [0.3, 0.4) is 0 Å². The van der Waals surface area contributed by atoms with Gasteiger partial charge in [-0.25, -0.2) is 4.79 Å². The Morgan fingerprint density at radius 1 is 1.60 bits per heavy atom. The SMILES string of the molecule is CCOC(=O)[C@H]1CCCN1C(=O)[C@@H](C)N. The fraction of sp³-hybridized carbons (Fsp3) is 0.800. The van der Waals surface area contributed by atoms with Crippen molar-refractivity contribution in [3.05, 3.63) is 0 Å². The number of rotatable bonds is 3. The lowest BCUT2D eigenvalue weighted by molar-refractivity contribution is -0.153. The number of likely N-dealkylation sites (tertiary alicyclic amines) is 1. The first-order valence-electron chi connectivity index (χ1n) is 5.30. The Hall–Kier alpha value is -1.10. The molecule has 0 aromatic rings. The Kier molecular flexibility index (Phi) is 4.08. The molecule has 1 rings (SSSR count). The highest BCUT2D eigenvalue weighted by molar-refractivity contribution is 5.87. The number of ether oxygens (including phenoxy) is 1. The van der Waals surface area contributed by atoms with E-state index < -0.39 is 12.1 Å². The highest BCUT2D eigenvalue weighted by Crippen LogP contribution is 2.19. The highest BCUT2D eigenvalue weighted by Gasteiger charge is 2.35. The molecular weight excluding hydrogens is 196 g/mol. The van der Waals surface area contributed by atoms with E-state index in [0.29, 0.717) is 19.6 Å². The average molecular weight is 214 g/mol. The van der Waals surface area contributed by atoms with Crippen LogP contribution in [0.25, 0.3) is 0 Å². The maximum atomic E-state index is 11.7. The van der Waals surface area contributed by atoms with E-state index in [0.717, 1.165) is 6.42 Å². The number of nitrogens with two attached hydrogens (primary N) is 1. The lowest BCUT2D eigenvalue weighted by Crippen LogP contribution is -2.47. The molecule has 15 heavy (non-hydrogen) atoms. The quantitative estimate of drug-likeness (QED) is 0.665. The van der Waals surface area contributed by atoms with Gasteiger partial charge < -0.3 is 15.4 Å². The Balaban J connectivity index is 2.64. The Morgan fingerprint density at radius 2 is 2.27 bits per heavy atom. The van der Waals surface area contributed by atoms with E-state index in [2.05, 4.69) is 0 Å². The van der Waals surface area contributed by atoms with E-state index in [9.17, 15) is 9.59 Å². The molecule has 1 aliphatic rings. The van der Waals surface area contributed by atoms with E-state index in [-0.39, 0.29) is 11.9 Å². The van der Waals surface area contributed by atoms with Gasteiger partial charge in [-0.2, -0.15) is 0 Å². The van der Waals surface area contributed by atoms with Gasteiger partial charge in [-0.3, -0.25) is 4.79 Å². The van der Waals surface area contributed by atoms with Crippen molar-refractivity contribution in [2.75, 3.05) is 13.2 Å². The van der Waals surface area contributed by atoms with Crippen LogP contribution in [-0.4, -0.2) is 42.0 Å². The van der Waals surface area contributed by atoms with Crippen LogP contribution >= 0.6 is 0 Å². The molecule has 0 radical (unpaired) electrons. The third-order valence-corrected chi connectivity index (χ3v) is 2.48. The van der Waals surface area contributed by atoms with Gasteiger partial charge in [-0.1, -0.05) is 0 Å². The van der Waals surface area contributed by atoms with Crippen molar-refractivity contribution in [1.29, 1.82) is 0 Å². The summed E-state index contributed by atoms with van der Waals surface area (Å²) in [7, 11) is 0. The molecular formula is C10H18N2O3. The van der Waals surface area contributed by atoms with E-state index in [4.69, 9.17) is 10.5 Å². The molecule has 5 nitrogen and oxygen atoms in total. The van der Waals surface area contributed by atoms with Gasteiger partial charge >= 0.3 is 5.97 Å². The second-order valence-electron chi connectivity index (χ2n) is 3.73. The molecule has 2 N–H and O–H groups in total. The van der Waals surface area contributed by atoms with E-state index in [1.54, 1.807) is 13.8 Å². The van der Waals surface area contributed by atoms with E-state index in [1.165, 1.54) is 4.90 Å². The summed E-state index contributed by atoms with van der Waals surface area (Å²) in [5.74, 6) is -0.491. The first-order valence-corrected chi connectivity index (χ1v) is 5.30. The maximum Gasteiger partial charge on any atom is 0.328 e. The summed E-state index contributed by atoms with van der Waals surface area (Å²) in [4.78, 5) is 24.7. The van der Waals surface area contributed by atoms with Gasteiger partial charge in [0.05, 0.1) is 12.6 Å². The van der Waals surface area contributed by atoms with Gasteiger partial charge in [0.25, 0.3) is 0 Å². The first kappa shape index (κ1) is 12.0. The lowest BCUT2D eigenvalue weighted by atomic mass is 10.2. The monoisotopic (exact) mass is 214 g/mol. The van der Waals surface area contributed by atoms with Gasteiger partial charge in [0.2, 0.25) is 5.91 Å². The van der Waals surface area contributed by atoms with Crippen molar-refractivity contribution in [2.24, 2.45) is 5.73 Å². The first-order chi connectivity index (χ1) is 7.07. The number of carbonyl (C=O) groups excluding carboxylic acids is 2. The minimum atomic E-state index is -0.556. The van der Waals surface area contributed by atoms with Gasteiger partial charge in [0.15, 0.2) is 0 Å². The average Bonchev–Trinajstić information content (AvgIpc) is 2.65. The minimum Gasteiger partial charge on any atom is -0.464 e. The summed E-state index contributed by atoms with van der Waals surface area (Å²) in [6, 6.07) is -0.983. The summed E-state index contributed by atoms with van der Waals surface area (Å²) in [6.07, 6.45) is 1.51. The molecule has 2 atom stereocenters. The van der Waals surface area contributed by atoms with Crippen molar-refractivity contribution in [3.8, 4) is 0 Å². The zero-order chi connectivity index (χ0) is 11.4. The third kappa shape index (κ3) is 2.68. The second-order valence-corrected chi connectivity index (χ2v) is 3.73. The Morgan fingerprint density at radius 3 is 2.80 bits per heavy atom. The smallest absolute Gasteiger partial charge is 0.328 e. The molecule has 0 unspecified atom stereocenters. The number of esters is 1. The van der Waals surface area contributed by atoms with Crippen LogP contribution in [0.5, 0.6) is 0 Å². The van der Waals surface area contributed by atoms with Crippen molar-refractivity contribution < 1.29 is 14.3 Å². The fourth-order valence-electron chi connectivity index (χ4n) is 1.78.